The molecule has 0 aromatic heterocycles. The molecule has 0 saturated heterocycles. The first-order valence-electron chi connectivity index (χ1n) is 6.95. The average molecular weight is 354 g/mol. The third-order valence-electron chi connectivity index (χ3n) is 3.33. The van der Waals surface area contributed by atoms with Crippen LogP contribution in [0.2, 0.25) is 5.02 Å². The van der Waals surface area contributed by atoms with Crippen molar-refractivity contribution in [2.75, 3.05) is 0 Å². The van der Waals surface area contributed by atoms with Gasteiger partial charge >= 0.3 is 0 Å². The van der Waals surface area contributed by atoms with Crippen LogP contribution < -0.4 is 4.72 Å². The maximum absolute atomic E-state index is 13.3. The van der Waals surface area contributed by atoms with Crippen LogP contribution in [0.25, 0.3) is 0 Å². The van der Waals surface area contributed by atoms with Gasteiger partial charge in [0.2, 0.25) is 10.0 Å². The van der Waals surface area contributed by atoms with Gasteiger partial charge in [0.05, 0.1) is 16.8 Å². The Kier molecular flexibility index (Phi) is 5.57. The van der Waals surface area contributed by atoms with Gasteiger partial charge in [-0.15, -0.1) is 0 Å². The van der Waals surface area contributed by atoms with Gasteiger partial charge in [-0.05, 0) is 36.8 Å². The largest absolute Gasteiger partial charge is 0.241 e. The standard InChI is InChI=1S/C17H17ClFNO2S/c1-12-3-9-16(10-4-12)23(21,22)20-17(11-13(2)19)14-5-7-15(18)8-6-14/h3-10,17,20H,2,11H2,1H3. The summed E-state index contributed by atoms with van der Waals surface area (Å²) in [7, 11) is -3.77. The van der Waals surface area contributed by atoms with E-state index in [-0.39, 0.29) is 11.3 Å². The van der Waals surface area contributed by atoms with Gasteiger partial charge in [-0.3, -0.25) is 0 Å². The minimum absolute atomic E-state index is 0.131. The summed E-state index contributed by atoms with van der Waals surface area (Å²) in [5.41, 5.74) is 1.57. The number of halogens is 2. The van der Waals surface area contributed by atoms with Crippen molar-refractivity contribution in [3.8, 4) is 0 Å². The molecular formula is C17H17ClFNO2S. The van der Waals surface area contributed by atoms with Crippen molar-refractivity contribution in [3.63, 3.8) is 0 Å². The molecule has 2 aromatic rings. The Labute approximate surface area is 140 Å². The molecule has 0 aliphatic heterocycles. The zero-order valence-corrected chi connectivity index (χ0v) is 14.2. The summed E-state index contributed by atoms with van der Waals surface area (Å²) >= 11 is 5.84. The molecule has 2 rings (SSSR count). The fourth-order valence-corrected chi connectivity index (χ4v) is 3.47. The Bertz CT molecular complexity index is 786. The second-order valence-corrected chi connectivity index (χ2v) is 7.41. The highest BCUT2D eigenvalue weighted by atomic mass is 35.5. The topological polar surface area (TPSA) is 46.2 Å². The third kappa shape index (κ3) is 4.89. The van der Waals surface area contributed by atoms with Gasteiger partial charge < -0.3 is 0 Å². The predicted molar refractivity (Wildman–Crippen MR) is 90.6 cm³/mol. The monoisotopic (exact) mass is 353 g/mol. The molecule has 0 spiro atoms. The number of hydrogen-bond acceptors (Lipinski definition) is 2. The molecule has 122 valence electrons. The van der Waals surface area contributed by atoms with Crippen LogP contribution in [0.5, 0.6) is 0 Å². The molecule has 3 nitrogen and oxygen atoms in total. The van der Waals surface area contributed by atoms with Crippen LogP contribution in [0.1, 0.15) is 23.6 Å². The first-order valence-corrected chi connectivity index (χ1v) is 8.82. The molecule has 0 radical (unpaired) electrons. The van der Waals surface area contributed by atoms with E-state index in [1.165, 1.54) is 12.1 Å². The van der Waals surface area contributed by atoms with Crippen LogP contribution in [0.4, 0.5) is 4.39 Å². The van der Waals surface area contributed by atoms with E-state index in [9.17, 15) is 12.8 Å². The number of rotatable bonds is 6. The molecule has 0 fully saturated rings. The van der Waals surface area contributed by atoms with E-state index in [1.54, 1.807) is 36.4 Å². The van der Waals surface area contributed by atoms with Gasteiger partial charge in [0, 0.05) is 11.4 Å². The molecule has 2 aromatic carbocycles. The Balaban J connectivity index is 2.31. The first-order chi connectivity index (χ1) is 10.8. The predicted octanol–water partition coefficient (Wildman–Crippen LogP) is 4.54. The second kappa shape index (κ2) is 7.25. The van der Waals surface area contributed by atoms with E-state index in [4.69, 9.17) is 11.6 Å². The zero-order chi connectivity index (χ0) is 17.0. The van der Waals surface area contributed by atoms with Gasteiger partial charge in [0.15, 0.2) is 0 Å². The SMILES string of the molecule is C=C(F)CC(NS(=O)(=O)c1ccc(C)cc1)c1ccc(Cl)cc1. The number of aryl methyl sites for hydroxylation is 1. The first kappa shape index (κ1) is 17.7. The number of nitrogens with one attached hydrogen (secondary N) is 1. The molecule has 1 N–H and O–H groups in total. The second-order valence-electron chi connectivity index (χ2n) is 5.26. The highest BCUT2D eigenvalue weighted by molar-refractivity contribution is 7.89. The average Bonchev–Trinajstić information content (AvgIpc) is 2.47. The van der Waals surface area contributed by atoms with Gasteiger partial charge in [-0.1, -0.05) is 48.0 Å². The smallest absolute Gasteiger partial charge is 0.212 e. The Morgan fingerprint density at radius 3 is 2.26 bits per heavy atom. The van der Waals surface area contributed by atoms with Crippen LogP contribution in [0.15, 0.2) is 65.8 Å². The fraction of sp³-hybridized carbons (Fsp3) is 0.176. The summed E-state index contributed by atoms with van der Waals surface area (Å²) < 4.78 is 40.8. The summed E-state index contributed by atoms with van der Waals surface area (Å²) in [6.07, 6.45) is -0.146. The van der Waals surface area contributed by atoms with Gasteiger partial charge in [0.1, 0.15) is 0 Å². The van der Waals surface area contributed by atoms with Crippen molar-refractivity contribution in [2.45, 2.75) is 24.3 Å². The number of sulfonamides is 1. The lowest BCUT2D eigenvalue weighted by Gasteiger charge is -2.18. The number of hydrogen-bond donors (Lipinski definition) is 1. The van der Waals surface area contributed by atoms with Crippen molar-refractivity contribution in [1.29, 1.82) is 0 Å². The number of benzene rings is 2. The van der Waals surface area contributed by atoms with E-state index >= 15 is 0 Å². The Morgan fingerprint density at radius 1 is 1.17 bits per heavy atom. The molecule has 0 aliphatic carbocycles. The quantitative estimate of drug-likeness (QED) is 0.828. The maximum Gasteiger partial charge on any atom is 0.241 e. The van der Waals surface area contributed by atoms with Crippen LogP contribution in [-0.2, 0) is 10.0 Å². The fourth-order valence-electron chi connectivity index (χ4n) is 2.12. The highest BCUT2D eigenvalue weighted by Crippen LogP contribution is 2.25. The summed E-state index contributed by atoms with van der Waals surface area (Å²) in [4.78, 5) is 0.131. The molecule has 1 unspecified atom stereocenters. The molecule has 6 heteroatoms. The molecule has 1 atom stereocenters. The summed E-state index contributed by atoms with van der Waals surface area (Å²) in [5, 5.41) is 0.521. The minimum Gasteiger partial charge on any atom is -0.212 e. The lowest BCUT2D eigenvalue weighted by atomic mass is 10.0. The molecule has 0 saturated carbocycles. The summed E-state index contributed by atoms with van der Waals surface area (Å²) in [5.74, 6) is -0.600. The highest BCUT2D eigenvalue weighted by Gasteiger charge is 2.22. The van der Waals surface area contributed by atoms with Crippen molar-refractivity contribution in [2.24, 2.45) is 0 Å². The van der Waals surface area contributed by atoms with Gasteiger partial charge in [-0.2, -0.15) is 0 Å². The van der Waals surface area contributed by atoms with Gasteiger partial charge in [0.25, 0.3) is 0 Å². The zero-order valence-electron chi connectivity index (χ0n) is 12.6. The van der Waals surface area contributed by atoms with Crippen molar-refractivity contribution in [1.82, 2.24) is 4.72 Å². The lowest BCUT2D eigenvalue weighted by molar-refractivity contribution is 0.511. The minimum atomic E-state index is -3.77. The van der Waals surface area contributed by atoms with Gasteiger partial charge in [-0.25, -0.2) is 17.5 Å². The molecule has 0 aliphatic rings. The third-order valence-corrected chi connectivity index (χ3v) is 5.07. The van der Waals surface area contributed by atoms with E-state index in [1.807, 2.05) is 6.92 Å². The van der Waals surface area contributed by atoms with Crippen molar-refractivity contribution < 1.29 is 12.8 Å². The molecule has 0 heterocycles. The van der Waals surface area contributed by atoms with E-state index in [0.717, 1.165) is 5.56 Å². The molecule has 0 bridgehead atoms. The van der Waals surface area contributed by atoms with E-state index in [2.05, 4.69) is 11.3 Å². The molecular weight excluding hydrogens is 337 g/mol. The molecule has 23 heavy (non-hydrogen) atoms. The van der Waals surface area contributed by atoms with E-state index < -0.39 is 21.9 Å². The van der Waals surface area contributed by atoms with Crippen molar-refractivity contribution in [3.05, 3.63) is 77.1 Å². The van der Waals surface area contributed by atoms with Crippen LogP contribution in [-0.4, -0.2) is 8.42 Å². The van der Waals surface area contributed by atoms with E-state index in [0.29, 0.717) is 10.6 Å². The van der Waals surface area contributed by atoms with Crippen molar-refractivity contribution >= 4 is 21.6 Å². The Morgan fingerprint density at radius 2 is 1.74 bits per heavy atom. The van der Waals surface area contributed by atoms with Crippen LogP contribution in [0.3, 0.4) is 0 Å². The summed E-state index contributed by atoms with van der Waals surface area (Å²) in [6.45, 7) is 5.09. The lowest BCUT2D eigenvalue weighted by Crippen LogP contribution is -2.28. The summed E-state index contributed by atoms with van der Waals surface area (Å²) in [6, 6.07) is 12.3. The molecule has 0 amide bonds. The van der Waals surface area contributed by atoms with Crippen LogP contribution >= 0.6 is 11.6 Å². The maximum atomic E-state index is 13.3. The van der Waals surface area contributed by atoms with Crippen LogP contribution in [0, 0.1) is 6.92 Å². The normalized spacial score (nSPS) is 12.8. The Hall–Kier alpha value is -1.69.